The number of pyridine rings is 1. The fourth-order valence-corrected chi connectivity index (χ4v) is 3.33. The summed E-state index contributed by atoms with van der Waals surface area (Å²) in [5.41, 5.74) is 0.909. The molecule has 4 atom stereocenters. The smallest absolute Gasteiger partial charge is 0.307 e. The van der Waals surface area contributed by atoms with Crippen molar-refractivity contribution in [1.29, 1.82) is 0 Å². The molecule has 1 saturated carbocycles. The topological polar surface area (TPSA) is 79.3 Å². The highest BCUT2D eigenvalue weighted by Crippen LogP contribution is 2.48. The van der Waals surface area contributed by atoms with Crippen LogP contribution in [-0.2, 0) is 16.1 Å². The van der Waals surface area contributed by atoms with Gasteiger partial charge in [0, 0.05) is 18.9 Å². The van der Waals surface area contributed by atoms with Crippen LogP contribution in [0.25, 0.3) is 0 Å². The van der Waals surface area contributed by atoms with E-state index in [4.69, 9.17) is 0 Å². The zero-order chi connectivity index (χ0) is 14.1. The van der Waals surface area contributed by atoms with Crippen LogP contribution in [0.3, 0.4) is 0 Å². The molecule has 5 nitrogen and oxygen atoms in total. The van der Waals surface area contributed by atoms with Crippen molar-refractivity contribution in [3.05, 3.63) is 42.2 Å². The lowest BCUT2D eigenvalue weighted by atomic mass is 9.82. The quantitative estimate of drug-likeness (QED) is 0.808. The van der Waals surface area contributed by atoms with Crippen molar-refractivity contribution in [2.45, 2.75) is 13.0 Å². The Morgan fingerprint density at radius 3 is 2.70 bits per heavy atom. The Balaban J connectivity index is 1.68. The Bertz CT molecular complexity index is 555. The van der Waals surface area contributed by atoms with Crippen LogP contribution in [-0.4, -0.2) is 22.0 Å². The maximum absolute atomic E-state index is 12.3. The number of carboxylic acids is 1. The fourth-order valence-electron chi connectivity index (χ4n) is 3.33. The van der Waals surface area contributed by atoms with Crippen LogP contribution in [0, 0.1) is 23.7 Å². The Labute approximate surface area is 116 Å². The number of rotatable bonds is 4. The number of aliphatic carboxylic acids is 1. The first-order chi connectivity index (χ1) is 9.66. The highest BCUT2D eigenvalue weighted by molar-refractivity contribution is 5.86. The summed E-state index contributed by atoms with van der Waals surface area (Å²) in [7, 11) is 0. The summed E-state index contributed by atoms with van der Waals surface area (Å²) < 4.78 is 0. The number of amides is 1. The normalized spacial score (nSPS) is 30.4. The van der Waals surface area contributed by atoms with Crippen molar-refractivity contribution in [3.63, 3.8) is 0 Å². The van der Waals surface area contributed by atoms with E-state index in [-0.39, 0.29) is 17.7 Å². The summed E-state index contributed by atoms with van der Waals surface area (Å²) in [5, 5.41) is 12.2. The molecule has 1 aromatic rings. The maximum Gasteiger partial charge on any atom is 0.307 e. The zero-order valence-electron chi connectivity index (χ0n) is 10.9. The molecule has 2 aliphatic carbocycles. The monoisotopic (exact) mass is 272 g/mol. The van der Waals surface area contributed by atoms with Gasteiger partial charge in [-0.2, -0.15) is 0 Å². The fraction of sp³-hybridized carbons (Fsp3) is 0.400. The van der Waals surface area contributed by atoms with Crippen molar-refractivity contribution in [2.75, 3.05) is 0 Å². The number of nitrogens with one attached hydrogen (secondary N) is 1. The van der Waals surface area contributed by atoms with Gasteiger partial charge in [-0.15, -0.1) is 0 Å². The number of allylic oxidation sites excluding steroid dienone is 2. The summed E-state index contributed by atoms with van der Waals surface area (Å²) in [5.74, 6) is -2.00. The second-order valence-electron chi connectivity index (χ2n) is 5.42. The van der Waals surface area contributed by atoms with Gasteiger partial charge in [0.1, 0.15) is 0 Å². The van der Waals surface area contributed by atoms with Gasteiger partial charge in [-0.25, -0.2) is 0 Å². The van der Waals surface area contributed by atoms with Gasteiger partial charge >= 0.3 is 5.97 Å². The molecule has 0 radical (unpaired) electrons. The second-order valence-corrected chi connectivity index (χ2v) is 5.42. The van der Waals surface area contributed by atoms with Gasteiger partial charge in [-0.1, -0.05) is 18.2 Å². The van der Waals surface area contributed by atoms with Gasteiger partial charge in [-0.3, -0.25) is 14.6 Å². The first-order valence-corrected chi connectivity index (χ1v) is 6.74. The lowest BCUT2D eigenvalue weighted by Gasteiger charge is -2.23. The third-order valence-corrected chi connectivity index (χ3v) is 4.24. The van der Waals surface area contributed by atoms with Crippen LogP contribution in [0.1, 0.15) is 12.0 Å². The lowest BCUT2D eigenvalue weighted by Crippen LogP contribution is -2.39. The van der Waals surface area contributed by atoms with Crippen molar-refractivity contribution in [2.24, 2.45) is 23.7 Å². The number of carboxylic acid groups (broad SMARTS) is 1. The molecule has 1 heterocycles. The summed E-state index contributed by atoms with van der Waals surface area (Å²) in [4.78, 5) is 27.6. The van der Waals surface area contributed by atoms with E-state index in [1.807, 2.05) is 24.3 Å². The zero-order valence-corrected chi connectivity index (χ0v) is 10.9. The largest absolute Gasteiger partial charge is 0.481 e. The summed E-state index contributed by atoms with van der Waals surface area (Å²) in [6.07, 6.45) is 8.07. The van der Waals surface area contributed by atoms with Crippen LogP contribution >= 0.6 is 0 Å². The number of hydrogen-bond donors (Lipinski definition) is 2. The Morgan fingerprint density at radius 1 is 1.30 bits per heavy atom. The molecule has 2 N–H and O–H groups in total. The molecule has 0 spiro atoms. The average molecular weight is 272 g/mol. The van der Waals surface area contributed by atoms with Gasteiger partial charge in [0.25, 0.3) is 0 Å². The minimum atomic E-state index is -0.872. The molecule has 2 aliphatic rings. The van der Waals surface area contributed by atoms with E-state index in [9.17, 15) is 14.7 Å². The van der Waals surface area contributed by atoms with E-state index < -0.39 is 17.8 Å². The van der Waals surface area contributed by atoms with Crippen molar-refractivity contribution in [1.82, 2.24) is 10.3 Å². The number of fused-ring (bicyclic) bond motifs is 2. The highest BCUT2D eigenvalue weighted by atomic mass is 16.4. The van der Waals surface area contributed by atoms with Gasteiger partial charge in [0.15, 0.2) is 0 Å². The molecule has 3 rings (SSSR count). The number of aromatic nitrogens is 1. The Hall–Kier alpha value is -2.17. The summed E-state index contributed by atoms with van der Waals surface area (Å²) >= 11 is 0. The standard InChI is InChI=1S/C15H16N2O3/c18-14(17-8-9-2-1-5-16-7-9)12-10-3-4-11(6-10)13(12)15(19)20/h1-5,7,10-13H,6,8H2,(H,17,18)(H,19,20)/t10-,11+,12-,13+/m1/s1. The molecule has 0 saturated heterocycles. The van der Waals surface area contributed by atoms with Crippen LogP contribution < -0.4 is 5.32 Å². The van der Waals surface area contributed by atoms with Crippen LogP contribution in [0.15, 0.2) is 36.7 Å². The summed E-state index contributed by atoms with van der Waals surface area (Å²) in [6.45, 7) is 0.386. The van der Waals surface area contributed by atoms with Gasteiger partial charge < -0.3 is 10.4 Å². The van der Waals surface area contributed by atoms with Crippen LogP contribution in [0.4, 0.5) is 0 Å². The maximum atomic E-state index is 12.3. The molecular weight excluding hydrogens is 256 g/mol. The van der Waals surface area contributed by atoms with Crippen LogP contribution in [0.5, 0.6) is 0 Å². The first-order valence-electron chi connectivity index (χ1n) is 6.74. The average Bonchev–Trinajstić information content (AvgIpc) is 3.06. The Kier molecular flexibility index (Phi) is 3.26. The molecule has 0 aromatic carbocycles. The van der Waals surface area contributed by atoms with Gasteiger partial charge in [0.2, 0.25) is 5.91 Å². The number of nitrogens with zero attached hydrogens (tertiary/aromatic N) is 1. The van der Waals surface area contributed by atoms with Crippen molar-refractivity contribution >= 4 is 11.9 Å². The highest BCUT2D eigenvalue weighted by Gasteiger charge is 2.51. The van der Waals surface area contributed by atoms with Crippen molar-refractivity contribution in [3.8, 4) is 0 Å². The molecule has 1 amide bonds. The number of carbonyl (C=O) groups excluding carboxylic acids is 1. The molecule has 2 bridgehead atoms. The van der Waals surface area contributed by atoms with E-state index >= 15 is 0 Å². The van der Waals surface area contributed by atoms with E-state index in [1.54, 1.807) is 12.4 Å². The van der Waals surface area contributed by atoms with E-state index in [2.05, 4.69) is 10.3 Å². The van der Waals surface area contributed by atoms with Gasteiger partial charge in [0.05, 0.1) is 11.8 Å². The Morgan fingerprint density at radius 2 is 2.05 bits per heavy atom. The summed E-state index contributed by atoms with van der Waals surface area (Å²) in [6, 6.07) is 3.68. The van der Waals surface area contributed by atoms with E-state index in [0.717, 1.165) is 12.0 Å². The number of carbonyl (C=O) groups is 2. The second kappa shape index (κ2) is 5.07. The number of hydrogen-bond acceptors (Lipinski definition) is 3. The minimum Gasteiger partial charge on any atom is -0.481 e. The predicted molar refractivity (Wildman–Crippen MR) is 71.4 cm³/mol. The molecule has 1 fully saturated rings. The van der Waals surface area contributed by atoms with E-state index in [0.29, 0.717) is 6.54 Å². The minimum absolute atomic E-state index is 0.00615. The predicted octanol–water partition coefficient (Wildman–Crippen LogP) is 1.22. The molecule has 104 valence electrons. The molecule has 5 heteroatoms. The molecular formula is C15H16N2O3. The van der Waals surface area contributed by atoms with Crippen molar-refractivity contribution < 1.29 is 14.7 Å². The molecule has 1 aromatic heterocycles. The third kappa shape index (κ3) is 2.19. The third-order valence-electron chi connectivity index (χ3n) is 4.24. The first kappa shape index (κ1) is 12.8. The lowest BCUT2D eigenvalue weighted by molar-refractivity contribution is -0.147. The van der Waals surface area contributed by atoms with Crippen LogP contribution in [0.2, 0.25) is 0 Å². The molecule has 20 heavy (non-hydrogen) atoms. The molecule has 0 aliphatic heterocycles. The van der Waals surface area contributed by atoms with E-state index in [1.165, 1.54) is 0 Å². The van der Waals surface area contributed by atoms with Gasteiger partial charge in [-0.05, 0) is 29.9 Å². The molecule has 0 unspecified atom stereocenters. The SMILES string of the molecule is O=C(O)[C@@H]1[C@H](C(=O)NCc2cccnc2)[C@@H]2C=C[C@H]1C2.